The van der Waals surface area contributed by atoms with Crippen LogP contribution in [0.25, 0.3) is 0 Å². The number of phenols is 1. The van der Waals surface area contributed by atoms with Crippen LogP contribution < -0.4 is 48.3 Å². The Hall–Kier alpha value is -7.95. The van der Waals surface area contributed by atoms with Crippen molar-refractivity contribution < 1.29 is 63.9 Å². The summed E-state index contributed by atoms with van der Waals surface area (Å²) in [5, 5.41) is 70.4. The van der Waals surface area contributed by atoms with Gasteiger partial charge >= 0.3 is 18.0 Å². The maximum absolute atomic E-state index is 14.4. The average molecular weight is 1160 g/mol. The molecule has 27 nitrogen and oxygen atoms in total. The van der Waals surface area contributed by atoms with E-state index in [1.54, 1.807) is 33.8 Å². The number of hydrogen-bond acceptors (Lipinski definition) is 17. The molecule has 4 rings (SSSR count). The first-order valence-electron chi connectivity index (χ1n) is 27.9. The number of aliphatic carboxylic acids is 2. The Bertz CT molecular complexity index is 2490. The molecule has 0 bridgehead atoms. The second-order valence-corrected chi connectivity index (χ2v) is 19.9. The van der Waals surface area contributed by atoms with E-state index in [4.69, 9.17) is 5.73 Å². The zero-order chi connectivity index (χ0) is 60.4. The zero-order valence-electron chi connectivity index (χ0n) is 47.2. The summed E-state index contributed by atoms with van der Waals surface area (Å²) in [7, 11) is 0. The van der Waals surface area contributed by atoms with Crippen molar-refractivity contribution in [1.82, 2.24) is 56.8 Å². The number of rotatable bonds is 32. The Kier molecular flexibility index (Phi) is 30.9. The van der Waals surface area contributed by atoms with Crippen LogP contribution in [0, 0.1) is 0 Å². The first kappa shape index (κ1) is 67.6. The van der Waals surface area contributed by atoms with Crippen LogP contribution >= 0.6 is 0 Å². The molecule has 0 aromatic heterocycles. The molecule has 1 saturated heterocycles. The maximum Gasteiger partial charge on any atom is 0.321 e. The lowest BCUT2D eigenvalue weighted by molar-refractivity contribution is -0.139. The van der Waals surface area contributed by atoms with Gasteiger partial charge in [0.1, 0.15) is 11.8 Å². The van der Waals surface area contributed by atoms with Gasteiger partial charge in [-0.1, -0.05) is 61.5 Å². The van der Waals surface area contributed by atoms with Crippen molar-refractivity contribution in [1.29, 1.82) is 0 Å². The standard InChI is InChI=1S/C56H84N14O13/c1-2-47(72)61-24-25-63-56(83)66-55(57)62-20-6-10-46(54(82)64-35-41-11-17-44(71)18-12-41)65-53(81)45(34-40-8-4-3-5-9-40)42-13-15-43(16-14-42)58-21-7-22-59-48(73)19-23-60-49(74)36-67-26-28-68(37-50(75)76)30-32-70(39-52(79)80)33-31-69(29-27-67)38-51(77)78/h3-5,8-9,11-18,45-46,52,58,71,79-80H,2,6-7,10,19-39H2,1H3,(H,59,73)(H,60,74)(H,61,72)(H,64,82)(H,65,81)(H,75,76)(H,77,78)(H4,57,62,63,66,83)/t45?,46-/m1/s1. The van der Waals surface area contributed by atoms with Crippen molar-refractivity contribution in [3.05, 3.63) is 95.6 Å². The Morgan fingerprint density at radius 2 is 1.18 bits per heavy atom. The lowest BCUT2D eigenvalue weighted by atomic mass is 9.90. The Morgan fingerprint density at radius 1 is 0.602 bits per heavy atom. The fourth-order valence-electron chi connectivity index (χ4n) is 8.77. The Balaban J connectivity index is 1.28. The summed E-state index contributed by atoms with van der Waals surface area (Å²) in [5.41, 5.74) is 9.04. The zero-order valence-corrected chi connectivity index (χ0v) is 47.2. The first-order chi connectivity index (χ1) is 39.8. The predicted molar refractivity (Wildman–Crippen MR) is 310 cm³/mol. The molecule has 456 valence electrons. The largest absolute Gasteiger partial charge is 0.508 e. The third kappa shape index (κ3) is 29.0. The lowest BCUT2D eigenvalue weighted by Crippen LogP contribution is -2.50. The maximum atomic E-state index is 14.4. The first-order valence-corrected chi connectivity index (χ1v) is 27.9. The molecule has 1 aliphatic rings. The highest BCUT2D eigenvalue weighted by molar-refractivity contribution is 5.95. The van der Waals surface area contributed by atoms with Gasteiger partial charge in [0.2, 0.25) is 29.5 Å². The molecule has 2 atom stereocenters. The van der Waals surface area contributed by atoms with Crippen LogP contribution in [0.4, 0.5) is 10.5 Å². The van der Waals surface area contributed by atoms with Crippen LogP contribution in [-0.4, -0.2) is 229 Å². The molecule has 1 fully saturated rings. The van der Waals surface area contributed by atoms with Crippen molar-refractivity contribution in [3.8, 4) is 5.75 Å². The van der Waals surface area contributed by atoms with Crippen molar-refractivity contribution in [2.24, 2.45) is 10.7 Å². The predicted octanol–water partition coefficient (Wildman–Crippen LogP) is -1.43. The number of carbonyl (C=O) groups excluding carboxylic acids is 6. The van der Waals surface area contributed by atoms with Gasteiger partial charge in [-0.3, -0.25) is 63.5 Å². The van der Waals surface area contributed by atoms with E-state index in [9.17, 15) is 63.9 Å². The third-order valence-corrected chi connectivity index (χ3v) is 13.3. The molecule has 0 saturated carbocycles. The summed E-state index contributed by atoms with van der Waals surface area (Å²) in [5.74, 6) is -4.44. The van der Waals surface area contributed by atoms with Gasteiger partial charge in [0.25, 0.3) is 0 Å². The van der Waals surface area contributed by atoms with E-state index in [0.717, 1.165) is 16.8 Å². The number of aliphatic imine (C=N–C) groups is 1. The highest BCUT2D eigenvalue weighted by atomic mass is 16.5. The number of nitrogens with one attached hydrogen (secondary N) is 8. The summed E-state index contributed by atoms with van der Waals surface area (Å²) < 4.78 is 0. The van der Waals surface area contributed by atoms with Crippen LogP contribution in [0.1, 0.15) is 61.6 Å². The molecule has 0 aliphatic carbocycles. The van der Waals surface area contributed by atoms with Gasteiger partial charge < -0.3 is 68.5 Å². The number of aliphatic hydroxyl groups excluding tert-OH is 1. The molecule has 3 aromatic rings. The minimum absolute atomic E-state index is 0.0225. The fourth-order valence-corrected chi connectivity index (χ4v) is 8.77. The topological polar surface area (TPSA) is 385 Å². The molecule has 7 amide bonds. The Labute approximate surface area is 483 Å². The lowest BCUT2D eigenvalue weighted by Gasteiger charge is -2.33. The number of phenolic OH excluding ortho intramolecular Hbond substituents is 1. The number of guanidine groups is 1. The van der Waals surface area contributed by atoms with Crippen molar-refractivity contribution in [3.63, 3.8) is 0 Å². The van der Waals surface area contributed by atoms with Crippen LogP contribution in [0.2, 0.25) is 0 Å². The van der Waals surface area contributed by atoms with Gasteiger partial charge in [0, 0.05) is 123 Å². The molecule has 0 radical (unpaired) electrons. The van der Waals surface area contributed by atoms with E-state index >= 15 is 0 Å². The summed E-state index contributed by atoms with van der Waals surface area (Å²) in [4.78, 5) is 112. The fraction of sp³-hybridized carbons (Fsp3) is 0.518. The monoisotopic (exact) mass is 1160 g/mol. The highest BCUT2D eigenvalue weighted by Crippen LogP contribution is 2.24. The van der Waals surface area contributed by atoms with E-state index < -0.39 is 42.1 Å². The van der Waals surface area contributed by atoms with Gasteiger partial charge in [-0.05, 0) is 66.6 Å². The summed E-state index contributed by atoms with van der Waals surface area (Å²) in [6.07, 6.45) is 0.0944. The van der Waals surface area contributed by atoms with Gasteiger partial charge in [-0.2, -0.15) is 0 Å². The molecule has 15 N–H and O–H groups in total. The van der Waals surface area contributed by atoms with Crippen molar-refractivity contribution in [2.75, 3.05) is 123 Å². The van der Waals surface area contributed by atoms with Crippen LogP contribution in [0.15, 0.2) is 83.9 Å². The average Bonchev–Trinajstić information content (AvgIpc) is 3.61. The number of aromatic hydroxyl groups is 1. The molecule has 83 heavy (non-hydrogen) atoms. The number of hydrogen-bond donors (Lipinski definition) is 14. The summed E-state index contributed by atoms with van der Waals surface area (Å²) >= 11 is 0. The minimum atomic E-state index is -1.62. The SMILES string of the molecule is CCC(=O)NCCNC(=O)NC(N)=NCCC[C@@H](NC(=O)C(Cc1ccccc1)c1ccc(NCCCNC(=O)CCNC(=O)CN2CCN(CC(=O)O)CCN(CC(O)O)CCN(CC(=O)O)CC2)cc1)C(=O)NCc1ccc(O)cc1. The number of carboxylic acid groups (broad SMARTS) is 2. The number of nitrogens with two attached hydrogens (primary N) is 1. The number of amides is 7. The molecular formula is C56H84N14O13. The van der Waals surface area contributed by atoms with E-state index in [1.807, 2.05) is 59.5 Å². The molecular weight excluding hydrogens is 1080 g/mol. The van der Waals surface area contributed by atoms with E-state index in [0.29, 0.717) is 83.6 Å². The molecule has 1 aliphatic heterocycles. The van der Waals surface area contributed by atoms with Crippen LogP contribution in [0.3, 0.4) is 0 Å². The van der Waals surface area contributed by atoms with E-state index in [-0.39, 0.29) is 120 Å². The third-order valence-electron chi connectivity index (χ3n) is 13.3. The molecule has 0 spiro atoms. The van der Waals surface area contributed by atoms with Crippen LogP contribution in [0.5, 0.6) is 5.75 Å². The van der Waals surface area contributed by atoms with Crippen molar-refractivity contribution in [2.45, 2.75) is 70.2 Å². The quantitative estimate of drug-likeness (QED) is 0.0147. The summed E-state index contributed by atoms with van der Waals surface area (Å²) in [6, 6.07) is 21.6. The second kappa shape index (κ2) is 37.9. The smallest absolute Gasteiger partial charge is 0.321 e. The van der Waals surface area contributed by atoms with Crippen LogP contribution in [-0.2, 0) is 46.5 Å². The number of anilines is 1. The van der Waals surface area contributed by atoms with Gasteiger partial charge in [0.15, 0.2) is 12.2 Å². The minimum Gasteiger partial charge on any atom is -0.508 e. The molecule has 1 unspecified atom stereocenters. The Morgan fingerprint density at radius 3 is 1.78 bits per heavy atom. The van der Waals surface area contributed by atoms with Crippen molar-refractivity contribution >= 4 is 59.2 Å². The number of benzene rings is 3. The van der Waals surface area contributed by atoms with Gasteiger partial charge in [-0.25, -0.2) is 4.79 Å². The number of carbonyl (C=O) groups is 8. The number of β-amino-alcohol motifs (C(OH)–C–C–N with tert-alkyl or cyclic N) is 2. The highest BCUT2D eigenvalue weighted by Gasteiger charge is 2.28. The van der Waals surface area contributed by atoms with Gasteiger partial charge in [0.05, 0.1) is 25.6 Å². The molecule has 27 heteroatoms. The number of urea groups is 1. The van der Waals surface area contributed by atoms with Gasteiger partial charge in [-0.15, -0.1) is 0 Å². The summed E-state index contributed by atoms with van der Waals surface area (Å²) in [6.45, 7) is 5.02. The normalized spacial score (nSPS) is 14.9. The number of nitrogens with zero attached hydrogens (tertiary/aromatic N) is 5. The molecule has 3 aromatic carbocycles. The van der Waals surface area contributed by atoms with E-state index in [2.05, 4.69) is 47.5 Å². The second-order valence-electron chi connectivity index (χ2n) is 19.9. The molecule has 1 heterocycles. The van der Waals surface area contributed by atoms with E-state index in [1.165, 1.54) is 12.1 Å². The number of carboxylic acids is 2. The number of aliphatic hydroxyl groups is 2.